The number of esters is 1. The van der Waals surface area contributed by atoms with Crippen molar-refractivity contribution in [2.45, 2.75) is 167 Å². The molecule has 236 valence electrons. The molecular weight excluding hydrogens is 526 g/mol. The zero-order chi connectivity index (χ0) is 30.6. The van der Waals surface area contributed by atoms with E-state index in [2.05, 4.69) is 44.2 Å². The smallest absolute Gasteiger partial charge is 0.321 e. The zero-order valence-corrected chi connectivity index (χ0v) is 27.6. The minimum Gasteiger partial charge on any atom is -0.424 e. The Bertz CT molecular complexity index is 1090. The Labute approximate surface area is 263 Å². The van der Waals surface area contributed by atoms with Crippen molar-refractivity contribution >= 4 is 5.97 Å². The van der Waals surface area contributed by atoms with Crippen LogP contribution in [-0.2, 0) is 23.1 Å². The summed E-state index contributed by atoms with van der Waals surface area (Å²) in [7, 11) is 0. The number of carbonyl (C=O) groups is 1. The van der Waals surface area contributed by atoms with E-state index in [-0.39, 0.29) is 5.97 Å². The maximum atomic E-state index is 13.9. The second kappa shape index (κ2) is 20.4. The van der Waals surface area contributed by atoms with E-state index in [0.717, 1.165) is 62.5 Å². The average molecular weight is 586 g/mol. The molecule has 1 saturated carbocycles. The monoisotopic (exact) mass is 585 g/mol. The molecule has 2 aromatic rings. The molecule has 0 saturated heterocycles. The first-order chi connectivity index (χ1) is 21.1. The van der Waals surface area contributed by atoms with Gasteiger partial charge in [0.1, 0.15) is 11.8 Å². The highest BCUT2D eigenvalue weighted by molar-refractivity contribution is 5.85. The lowest BCUT2D eigenvalue weighted by molar-refractivity contribution is -0.142. The summed E-state index contributed by atoms with van der Waals surface area (Å²) in [4.78, 5) is 13.9. The van der Waals surface area contributed by atoms with Crippen LogP contribution in [0.3, 0.4) is 0 Å². The van der Waals surface area contributed by atoms with Crippen molar-refractivity contribution in [2.75, 3.05) is 0 Å². The fourth-order valence-corrected chi connectivity index (χ4v) is 6.79. The lowest BCUT2D eigenvalue weighted by Crippen LogP contribution is -2.41. The van der Waals surface area contributed by atoms with E-state index < -0.39 is 5.41 Å². The van der Waals surface area contributed by atoms with Gasteiger partial charge in [0.05, 0.1) is 11.0 Å². The molecule has 0 heterocycles. The Morgan fingerprint density at radius 3 is 1.70 bits per heavy atom. The van der Waals surface area contributed by atoms with Gasteiger partial charge in [-0.25, -0.2) is 0 Å². The lowest BCUT2D eigenvalue weighted by Gasteiger charge is -2.35. The van der Waals surface area contributed by atoms with Crippen LogP contribution in [0.1, 0.15) is 171 Å². The van der Waals surface area contributed by atoms with Crippen molar-refractivity contribution < 1.29 is 9.53 Å². The Hall–Kier alpha value is -2.60. The summed E-state index contributed by atoms with van der Waals surface area (Å²) in [5, 5.41) is 9.90. The van der Waals surface area contributed by atoms with E-state index in [1.165, 1.54) is 102 Å². The molecule has 0 aliphatic heterocycles. The predicted molar refractivity (Wildman–Crippen MR) is 181 cm³/mol. The van der Waals surface area contributed by atoms with Gasteiger partial charge in [-0.05, 0) is 67.3 Å². The summed E-state index contributed by atoms with van der Waals surface area (Å²) in [5.41, 5.74) is 3.42. The lowest BCUT2D eigenvalue weighted by atomic mass is 9.69. The number of nitrogens with zero attached hydrogens (tertiary/aromatic N) is 1. The quantitative estimate of drug-likeness (QED) is 0.0831. The van der Waals surface area contributed by atoms with Crippen LogP contribution in [0, 0.1) is 11.3 Å². The topological polar surface area (TPSA) is 50.1 Å². The number of aryl methyl sites for hydroxylation is 2. The molecule has 1 aliphatic rings. The standard InChI is InChI=1S/C40H59NO2/c1-3-5-7-9-11-13-15-18-22-34-24-27-37(28-25-34)40(30-20-17-21-31-40)39(42)43-38-29-26-35(32-36(38)33-41)23-19-16-14-12-10-8-6-4-2/h24-29,32H,3-23,30-31H2,1-2H3. The Morgan fingerprint density at radius 2 is 1.16 bits per heavy atom. The molecule has 3 heteroatoms. The predicted octanol–water partition coefficient (Wildman–Crippen LogP) is 11.7. The van der Waals surface area contributed by atoms with Crippen LogP contribution in [-0.4, -0.2) is 5.97 Å². The molecule has 0 amide bonds. The highest BCUT2D eigenvalue weighted by Crippen LogP contribution is 2.41. The molecule has 1 aliphatic carbocycles. The summed E-state index contributed by atoms with van der Waals surface area (Å²) in [6, 6.07) is 16.9. The molecule has 2 aromatic carbocycles. The number of ether oxygens (including phenoxy) is 1. The van der Waals surface area contributed by atoms with Crippen molar-refractivity contribution in [2.24, 2.45) is 0 Å². The molecule has 0 bridgehead atoms. The SMILES string of the molecule is CCCCCCCCCCc1ccc(C2(C(=O)Oc3ccc(CCCCCCCCCC)cc3C#N)CCCCC2)cc1. The molecule has 0 N–H and O–H groups in total. The number of hydrogen-bond acceptors (Lipinski definition) is 3. The third-order valence-electron chi connectivity index (χ3n) is 9.61. The fourth-order valence-electron chi connectivity index (χ4n) is 6.79. The van der Waals surface area contributed by atoms with Crippen molar-refractivity contribution in [3.05, 3.63) is 64.7 Å². The molecular formula is C40H59NO2. The van der Waals surface area contributed by atoms with Crippen molar-refractivity contribution in [1.29, 1.82) is 5.26 Å². The van der Waals surface area contributed by atoms with E-state index in [1.807, 2.05) is 18.2 Å². The minimum absolute atomic E-state index is 0.199. The summed E-state index contributed by atoms with van der Waals surface area (Å²) >= 11 is 0. The second-order valence-corrected chi connectivity index (χ2v) is 13.1. The van der Waals surface area contributed by atoms with Gasteiger partial charge in [0.25, 0.3) is 0 Å². The van der Waals surface area contributed by atoms with Gasteiger partial charge in [0.2, 0.25) is 0 Å². The number of hydrogen-bond donors (Lipinski definition) is 0. The zero-order valence-electron chi connectivity index (χ0n) is 27.6. The third-order valence-corrected chi connectivity index (χ3v) is 9.61. The number of unbranched alkanes of at least 4 members (excludes halogenated alkanes) is 14. The number of rotatable bonds is 21. The second-order valence-electron chi connectivity index (χ2n) is 13.1. The molecule has 0 radical (unpaired) electrons. The Kier molecular flexibility index (Phi) is 16.5. The first-order valence-corrected chi connectivity index (χ1v) is 18.0. The first kappa shape index (κ1) is 34.9. The molecule has 1 fully saturated rings. The third kappa shape index (κ3) is 11.8. The summed E-state index contributed by atoms with van der Waals surface area (Å²) in [6.07, 6.45) is 27.8. The highest BCUT2D eigenvalue weighted by atomic mass is 16.5. The van der Waals surface area contributed by atoms with Gasteiger partial charge in [-0.1, -0.05) is 153 Å². The van der Waals surface area contributed by atoms with Gasteiger partial charge in [0, 0.05) is 0 Å². The largest absolute Gasteiger partial charge is 0.424 e. The minimum atomic E-state index is -0.627. The summed E-state index contributed by atoms with van der Waals surface area (Å²) in [6.45, 7) is 4.53. The van der Waals surface area contributed by atoms with E-state index in [4.69, 9.17) is 4.74 Å². The van der Waals surface area contributed by atoms with Crippen LogP contribution in [0.25, 0.3) is 0 Å². The molecule has 43 heavy (non-hydrogen) atoms. The van der Waals surface area contributed by atoms with Gasteiger partial charge in [-0.2, -0.15) is 5.26 Å². The molecule has 0 aromatic heterocycles. The normalized spacial score (nSPS) is 14.3. The fraction of sp³-hybridized carbons (Fsp3) is 0.650. The van der Waals surface area contributed by atoms with Crippen LogP contribution in [0.2, 0.25) is 0 Å². The highest BCUT2D eigenvalue weighted by Gasteiger charge is 2.43. The van der Waals surface area contributed by atoms with Gasteiger partial charge in [-0.15, -0.1) is 0 Å². The van der Waals surface area contributed by atoms with Crippen molar-refractivity contribution in [3.8, 4) is 11.8 Å². The van der Waals surface area contributed by atoms with Gasteiger partial charge in [0.15, 0.2) is 0 Å². The van der Waals surface area contributed by atoms with Gasteiger partial charge in [-0.3, -0.25) is 4.79 Å². The Balaban J connectivity index is 1.54. The van der Waals surface area contributed by atoms with Crippen LogP contribution in [0.15, 0.2) is 42.5 Å². The van der Waals surface area contributed by atoms with Crippen molar-refractivity contribution in [1.82, 2.24) is 0 Å². The molecule has 0 atom stereocenters. The van der Waals surface area contributed by atoms with Crippen LogP contribution in [0.4, 0.5) is 0 Å². The summed E-state index contributed by atoms with van der Waals surface area (Å²) in [5.74, 6) is 0.207. The maximum Gasteiger partial charge on any atom is 0.321 e. The van der Waals surface area contributed by atoms with E-state index >= 15 is 0 Å². The van der Waals surface area contributed by atoms with Crippen molar-refractivity contribution in [3.63, 3.8) is 0 Å². The molecule has 3 nitrogen and oxygen atoms in total. The average Bonchev–Trinajstić information content (AvgIpc) is 3.04. The number of benzene rings is 2. The van der Waals surface area contributed by atoms with Gasteiger partial charge < -0.3 is 4.74 Å². The van der Waals surface area contributed by atoms with E-state index in [1.54, 1.807) is 0 Å². The summed E-state index contributed by atoms with van der Waals surface area (Å²) < 4.78 is 6.07. The Morgan fingerprint density at radius 1 is 0.674 bits per heavy atom. The van der Waals surface area contributed by atoms with E-state index in [0.29, 0.717) is 11.3 Å². The van der Waals surface area contributed by atoms with Gasteiger partial charge >= 0.3 is 5.97 Å². The molecule has 0 spiro atoms. The maximum absolute atomic E-state index is 13.9. The van der Waals surface area contributed by atoms with Crippen LogP contribution < -0.4 is 4.74 Å². The van der Waals surface area contributed by atoms with Crippen LogP contribution in [0.5, 0.6) is 5.75 Å². The van der Waals surface area contributed by atoms with E-state index in [9.17, 15) is 10.1 Å². The molecule has 0 unspecified atom stereocenters. The van der Waals surface area contributed by atoms with Crippen LogP contribution >= 0.6 is 0 Å². The number of carbonyl (C=O) groups excluding carboxylic acids is 1. The molecule has 3 rings (SSSR count). The first-order valence-electron chi connectivity index (χ1n) is 18.0. The number of nitriles is 1.